The molecule has 5 nitrogen and oxygen atoms in total. The largest absolute Gasteiger partial charge is 0.326 e. The van der Waals surface area contributed by atoms with Crippen molar-refractivity contribution in [2.75, 3.05) is 5.32 Å². The summed E-state index contributed by atoms with van der Waals surface area (Å²) < 4.78 is 22.2. The first-order chi connectivity index (χ1) is 9.51. The average Bonchev–Trinajstić information content (AvgIpc) is 2.38. The van der Waals surface area contributed by atoms with E-state index in [1.54, 1.807) is 0 Å². The van der Waals surface area contributed by atoms with Crippen molar-refractivity contribution in [2.24, 2.45) is 16.5 Å². The van der Waals surface area contributed by atoms with E-state index in [9.17, 15) is 13.2 Å². The highest BCUT2D eigenvalue weighted by Crippen LogP contribution is 2.26. The highest BCUT2D eigenvalue weighted by atomic mass is 32.2. The number of amides is 1. The van der Waals surface area contributed by atoms with Crippen molar-refractivity contribution >= 4 is 21.6 Å². The van der Waals surface area contributed by atoms with Crippen LogP contribution in [0.1, 0.15) is 41.5 Å². The van der Waals surface area contributed by atoms with Gasteiger partial charge in [-0.05, 0) is 29.7 Å². The van der Waals surface area contributed by atoms with E-state index in [2.05, 4.69) is 5.32 Å². The molecule has 3 N–H and O–H groups in total. The molecule has 0 saturated heterocycles. The van der Waals surface area contributed by atoms with Gasteiger partial charge in [-0.25, -0.2) is 13.6 Å². The van der Waals surface area contributed by atoms with Crippen LogP contribution >= 0.6 is 0 Å². The Morgan fingerprint density at radius 1 is 1.14 bits per heavy atom. The van der Waals surface area contributed by atoms with Crippen molar-refractivity contribution in [2.45, 2.75) is 46.4 Å². The molecule has 1 atom stereocenters. The minimum Gasteiger partial charge on any atom is -0.326 e. The molecule has 1 aromatic rings. The van der Waals surface area contributed by atoms with Crippen LogP contribution in [0.3, 0.4) is 0 Å². The number of benzene rings is 1. The summed E-state index contributed by atoms with van der Waals surface area (Å²) >= 11 is 0. The molecule has 0 aromatic heterocycles. The van der Waals surface area contributed by atoms with Crippen LogP contribution in [0.25, 0.3) is 0 Å². The molecule has 0 saturated carbocycles. The number of carbonyl (C=O) groups is 1. The molecule has 0 spiro atoms. The second-order valence-corrected chi connectivity index (χ2v) is 7.21. The van der Waals surface area contributed by atoms with Gasteiger partial charge in [0.25, 0.3) is 0 Å². The first-order valence-corrected chi connectivity index (χ1v) is 8.50. The third kappa shape index (κ3) is 6.27. The lowest BCUT2D eigenvalue weighted by Crippen LogP contribution is -2.30. The Hall–Kier alpha value is -1.40. The molecule has 21 heavy (non-hydrogen) atoms. The van der Waals surface area contributed by atoms with Crippen LogP contribution in [0.15, 0.2) is 29.2 Å². The van der Waals surface area contributed by atoms with Gasteiger partial charge in [0.15, 0.2) is 0 Å². The van der Waals surface area contributed by atoms with E-state index in [1.807, 2.05) is 41.5 Å². The summed E-state index contributed by atoms with van der Waals surface area (Å²) in [7, 11) is -3.70. The molecule has 0 fully saturated rings. The summed E-state index contributed by atoms with van der Waals surface area (Å²) in [5, 5.41) is 7.75. The zero-order chi connectivity index (χ0) is 16.8. The number of hydrogen-bond acceptors (Lipinski definition) is 3. The Kier molecular flexibility index (Phi) is 7.06. The maximum absolute atomic E-state index is 12.0. The number of sulfonamides is 1. The smallest absolute Gasteiger partial charge is 0.238 e. The number of rotatable bonds is 3. The predicted octanol–water partition coefficient (Wildman–Crippen LogP) is 2.98. The van der Waals surface area contributed by atoms with Crippen molar-refractivity contribution < 1.29 is 13.2 Å². The lowest BCUT2D eigenvalue weighted by Gasteiger charge is -2.26. The van der Waals surface area contributed by atoms with Crippen LogP contribution in [-0.4, -0.2) is 14.3 Å². The zero-order valence-electron chi connectivity index (χ0n) is 13.6. The van der Waals surface area contributed by atoms with Gasteiger partial charge < -0.3 is 5.32 Å². The van der Waals surface area contributed by atoms with Crippen LogP contribution < -0.4 is 10.5 Å². The number of carbonyl (C=O) groups excluding carboxylic acids is 1. The second-order valence-electron chi connectivity index (χ2n) is 5.65. The quantitative estimate of drug-likeness (QED) is 0.898. The minimum atomic E-state index is -3.70. The fourth-order valence-electron chi connectivity index (χ4n) is 1.37. The van der Waals surface area contributed by atoms with Crippen LogP contribution in [0.4, 0.5) is 5.69 Å². The van der Waals surface area contributed by atoms with Gasteiger partial charge in [0.05, 0.1) is 4.90 Å². The van der Waals surface area contributed by atoms with Gasteiger partial charge in [-0.2, -0.15) is 0 Å². The topological polar surface area (TPSA) is 89.3 Å². The highest BCUT2D eigenvalue weighted by molar-refractivity contribution is 7.89. The number of primary sulfonamides is 1. The standard InChI is InChI=1S/C13H20N2O3S.C2H6/c1-9(13(2,3)4)12(16)15-10-5-7-11(8-6-10)19(14,17)18;1-2/h5-9H,1-4H3,(H,15,16)(H2,14,17,18);1-2H3. The normalized spacial score (nSPS) is 12.9. The third-order valence-corrected chi connectivity index (χ3v) is 4.07. The van der Waals surface area contributed by atoms with Gasteiger partial charge in [0.1, 0.15) is 0 Å². The molecule has 1 aromatic carbocycles. The molecule has 1 amide bonds. The maximum atomic E-state index is 12.0. The molecule has 0 aliphatic rings. The Morgan fingerprint density at radius 3 is 1.90 bits per heavy atom. The SMILES string of the molecule is CC.CC(C(=O)Nc1ccc(S(N)(=O)=O)cc1)C(C)(C)C. The lowest BCUT2D eigenvalue weighted by molar-refractivity contribution is -0.122. The van der Waals surface area contributed by atoms with Crippen molar-refractivity contribution in [1.29, 1.82) is 0 Å². The molecule has 0 heterocycles. The van der Waals surface area contributed by atoms with Crippen LogP contribution in [0.2, 0.25) is 0 Å². The third-order valence-electron chi connectivity index (χ3n) is 3.14. The first-order valence-electron chi connectivity index (χ1n) is 6.95. The summed E-state index contributed by atoms with van der Waals surface area (Å²) in [4.78, 5) is 12.0. The fraction of sp³-hybridized carbons (Fsp3) is 0.533. The molecule has 0 aliphatic carbocycles. The van der Waals surface area contributed by atoms with E-state index in [0.717, 1.165) is 0 Å². The van der Waals surface area contributed by atoms with E-state index in [0.29, 0.717) is 5.69 Å². The number of nitrogens with two attached hydrogens (primary N) is 1. The van der Waals surface area contributed by atoms with E-state index >= 15 is 0 Å². The zero-order valence-corrected chi connectivity index (χ0v) is 14.4. The van der Waals surface area contributed by atoms with Gasteiger partial charge in [0.2, 0.25) is 15.9 Å². The summed E-state index contributed by atoms with van der Waals surface area (Å²) in [6.07, 6.45) is 0. The van der Waals surface area contributed by atoms with Gasteiger partial charge in [-0.15, -0.1) is 0 Å². The van der Waals surface area contributed by atoms with E-state index in [1.165, 1.54) is 24.3 Å². The predicted molar refractivity (Wildman–Crippen MR) is 86.4 cm³/mol. The van der Waals surface area contributed by atoms with Crippen molar-refractivity contribution in [3.8, 4) is 0 Å². The Bertz CT molecular complexity index is 558. The average molecular weight is 314 g/mol. The fourth-order valence-corrected chi connectivity index (χ4v) is 1.89. The van der Waals surface area contributed by atoms with E-state index in [-0.39, 0.29) is 22.1 Å². The first kappa shape index (κ1) is 19.6. The molecular formula is C15H26N2O3S. The van der Waals surface area contributed by atoms with E-state index in [4.69, 9.17) is 5.14 Å². The molecule has 0 radical (unpaired) electrons. The molecule has 1 rings (SSSR count). The van der Waals surface area contributed by atoms with Crippen LogP contribution in [0.5, 0.6) is 0 Å². The lowest BCUT2D eigenvalue weighted by atomic mass is 9.81. The molecule has 0 aliphatic heterocycles. The molecule has 6 heteroatoms. The number of hydrogen-bond donors (Lipinski definition) is 2. The van der Waals surface area contributed by atoms with Crippen LogP contribution in [0, 0.1) is 11.3 Å². The van der Waals surface area contributed by atoms with Gasteiger partial charge in [-0.1, -0.05) is 41.5 Å². The summed E-state index contributed by atoms with van der Waals surface area (Å²) in [5.74, 6) is -0.263. The van der Waals surface area contributed by atoms with Crippen molar-refractivity contribution in [3.05, 3.63) is 24.3 Å². The van der Waals surface area contributed by atoms with Crippen molar-refractivity contribution in [3.63, 3.8) is 0 Å². The van der Waals surface area contributed by atoms with Gasteiger partial charge in [-0.3, -0.25) is 4.79 Å². The van der Waals surface area contributed by atoms with E-state index < -0.39 is 10.0 Å². The monoisotopic (exact) mass is 314 g/mol. The minimum absolute atomic E-state index is 0.0226. The highest BCUT2D eigenvalue weighted by Gasteiger charge is 2.26. The number of nitrogens with one attached hydrogen (secondary N) is 1. The second kappa shape index (κ2) is 7.56. The maximum Gasteiger partial charge on any atom is 0.238 e. The molecule has 1 unspecified atom stereocenters. The van der Waals surface area contributed by atoms with Crippen LogP contribution in [-0.2, 0) is 14.8 Å². The molecular weight excluding hydrogens is 288 g/mol. The summed E-state index contributed by atoms with van der Waals surface area (Å²) in [6.45, 7) is 11.8. The Morgan fingerprint density at radius 2 is 1.57 bits per heavy atom. The van der Waals surface area contributed by atoms with Crippen molar-refractivity contribution in [1.82, 2.24) is 0 Å². The Labute approximate surface area is 128 Å². The molecule has 0 bridgehead atoms. The Balaban J connectivity index is 0.00000191. The molecule has 120 valence electrons. The summed E-state index contributed by atoms with van der Waals surface area (Å²) in [5.41, 5.74) is 0.415. The summed E-state index contributed by atoms with van der Waals surface area (Å²) in [6, 6.07) is 5.78. The van der Waals surface area contributed by atoms with Gasteiger partial charge >= 0.3 is 0 Å². The van der Waals surface area contributed by atoms with Gasteiger partial charge in [0, 0.05) is 11.6 Å². The number of anilines is 1.